The molecule has 2 rings (SSSR count). The number of benzene rings is 1. The summed E-state index contributed by atoms with van der Waals surface area (Å²) in [4.78, 5) is 2.57. The van der Waals surface area contributed by atoms with Crippen molar-refractivity contribution in [2.45, 2.75) is 40.2 Å². The van der Waals surface area contributed by atoms with Gasteiger partial charge >= 0.3 is 0 Å². The van der Waals surface area contributed by atoms with Crippen LogP contribution >= 0.6 is 0 Å². The van der Waals surface area contributed by atoms with Crippen LogP contribution in [0, 0.1) is 25.7 Å². The lowest BCUT2D eigenvalue weighted by Gasteiger charge is -2.19. The Kier molecular flexibility index (Phi) is 4.64. The smallest absolute Gasteiger partial charge is 0.0307 e. The lowest BCUT2D eigenvalue weighted by molar-refractivity contribution is 0.309. The molecule has 1 fully saturated rings. The van der Waals surface area contributed by atoms with Crippen molar-refractivity contribution in [1.82, 2.24) is 4.90 Å². The van der Waals surface area contributed by atoms with Gasteiger partial charge in [0.1, 0.15) is 0 Å². The highest BCUT2D eigenvalue weighted by atomic mass is 15.1. The molecule has 1 aromatic rings. The zero-order valence-electron chi connectivity index (χ0n) is 12.8. The van der Waals surface area contributed by atoms with Crippen molar-refractivity contribution in [2.24, 2.45) is 17.6 Å². The minimum atomic E-state index is 0.171. The molecule has 19 heavy (non-hydrogen) atoms. The minimum absolute atomic E-state index is 0.171. The van der Waals surface area contributed by atoms with Gasteiger partial charge in [-0.05, 0) is 44.2 Å². The lowest BCUT2D eigenvalue weighted by Crippen LogP contribution is -2.25. The second-order valence-electron chi connectivity index (χ2n) is 6.53. The van der Waals surface area contributed by atoms with Gasteiger partial charge in [0.2, 0.25) is 0 Å². The van der Waals surface area contributed by atoms with Crippen LogP contribution in [-0.2, 0) is 0 Å². The van der Waals surface area contributed by atoms with E-state index in [-0.39, 0.29) is 6.04 Å². The average Bonchev–Trinajstić information content (AvgIpc) is 2.64. The number of nitrogens with zero attached hydrogens (tertiary/aromatic N) is 1. The first-order chi connectivity index (χ1) is 8.95. The van der Waals surface area contributed by atoms with Crippen LogP contribution in [0.25, 0.3) is 0 Å². The van der Waals surface area contributed by atoms with E-state index in [2.05, 4.69) is 50.8 Å². The van der Waals surface area contributed by atoms with E-state index >= 15 is 0 Å². The predicted octanol–water partition coefficient (Wildman–Crippen LogP) is 3.28. The van der Waals surface area contributed by atoms with E-state index < -0.39 is 0 Å². The number of aryl methyl sites for hydroxylation is 2. The van der Waals surface area contributed by atoms with Crippen molar-refractivity contribution < 1.29 is 0 Å². The molecule has 0 aliphatic carbocycles. The van der Waals surface area contributed by atoms with E-state index in [1.165, 1.54) is 29.8 Å². The Morgan fingerprint density at radius 2 is 1.63 bits per heavy atom. The molecule has 1 aromatic carbocycles. The maximum absolute atomic E-state index is 6.35. The van der Waals surface area contributed by atoms with Crippen molar-refractivity contribution >= 4 is 0 Å². The van der Waals surface area contributed by atoms with E-state index in [1.807, 2.05) is 0 Å². The molecule has 3 atom stereocenters. The Bertz CT molecular complexity index is 397. The summed E-state index contributed by atoms with van der Waals surface area (Å²) in [5.74, 6) is 1.66. The molecule has 1 heterocycles. The first kappa shape index (κ1) is 14.5. The predicted molar refractivity (Wildman–Crippen MR) is 82.2 cm³/mol. The van der Waals surface area contributed by atoms with E-state index in [9.17, 15) is 0 Å². The van der Waals surface area contributed by atoms with Gasteiger partial charge in [0, 0.05) is 19.1 Å². The number of nitrogens with two attached hydrogens (primary N) is 1. The fraction of sp³-hybridized carbons (Fsp3) is 0.647. The molecular weight excluding hydrogens is 232 g/mol. The van der Waals surface area contributed by atoms with Gasteiger partial charge in [0.15, 0.2) is 0 Å². The number of rotatable bonds is 4. The van der Waals surface area contributed by atoms with Gasteiger partial charge in [-0.15, -0.1) is 0 Å². The Labute approximate surface area is 118 Å². The minimum Gasteiger partial charge on any atom is -0.324 e. The number of hydrogen-bond acceptors (Lipinski definition) is 2. The Morgan fingerprint density at radius 3 is 2.16 bits per heavy atom. The van der Waals surface area contributed by atoms with Crippen LogP contribution < -0.4 is 5.73 Å². The fourth-order valence-corrected chi connectivity index (χ4v) is 3.14. The van der Waals surface area contributed by atoms with Gasteiger partial charge in [-0.25, -0.2) is 0 Å². The second-order valence-corrected chi connectivity index (χ2v) is 6.53. The molecule has 0 amide bonds. The SMILES string of the molecule is Cc1cc(C)cc(C(N)CCN2CC(C)C(C)C2)c1. The van der Waals surface area contributed by atoms with Gasteiger partial charge in [0.05, 0.1) is 0 Å². The monoisotopic (exact) mass is 260 g/mol. The lowest BCUT2D eigenvalue weighted by atomic mass is 10.00. The zero-order valence-corrected chi connectivity index (χ0v) is 12.8. The molecule has 0 aromatic heterocycles. The second kappa shape index (κ2) is 6.06. The van der Waals surface area contributed by atoms with Crippen molar-refractivity contribution in [3.63, 3.8) is 0 Å². The molecule has 0 saturated carbocycles. The summed E-state index contributed by atoms with van der Waals surface area (Å²) >= 11 is 0. The molecular formula is C17H28N2. The van der Waals surface area contributed by atoms with Crippen LogP contribution in [-0.4, -0.2) is 24.5 Å². The van der Waals surface area contributed by atoms with E-state index in [0.717, 1.165) is 24.8 Å². The van der Waals surface area contributed by atoms with Crippen LogP contribution in [0.3, 0.4) is 0 Å². The van der Waals surface area contributed by atoms with Gasteiger partial charge in [-0.3, -0.25) is 0 Å². The Balaban J connectivity index is 1.89. The van der Waals surface area contributed by atoms with Gasteiger partial charge in [-0.1, -0.05) is 43.2 Å². The third-order valence-corrected chi connectivity index (χ3v) is 4.49. The third-order valence-electron chi connectivity index (χ3n) is 4.49. The highest BCUT2D eigenvalue weighted by Crippen LogP contribution is 2.24. The molecule has 0 spiro atoms. The quantitative estimate of drug-likeness (QED) is 0.900. The number of likely N-dealkylation sites (tertiary alicyclic amines) is 1. The standard InChI is InChI=1S/C17H28N2/c1-12-7-13(2)9-16(8-12)17(18)5-6-19-10-14(3)15(4)11-19/h7-9,14-15,17H,5-6,10-11,18H2,1-4H3. The molecule has 1 aliphatic rings. The van der Waals surface area contributed by atoms with Gasteiger partial charge in [0.25, 0.3) is 0 Å². The maximum atomic E-state index is 6.35. The fourth-order valence-electron chi connectivity index (χ4n) is 3.14. The van der Waals surface area contributed by atoms with Crippen molar-refractivity contribution in [3.05, 3.63) is 34.9 Å². The number of hydrogen-bond donors (Lipinski definition) is 1. The summed E-state index contributed by atoms with van der Waals surface area (Å²) in [6.45, 7) is 12.6. The Morgan fingerprint density at radius 1 is 1.11 bits per heavy atom. The molecule has 1 aliphatic heterocycles. The van der Waals surface area contributed by atoms with Crippen LogP contribution in [0.2, 0.25) is 0 Å². The summed E-state index contributed by atoms with van der Waals surface area (Å²) in [5, 5.41) is 0. The summed E-state index contributed by atoms with van der Waals surface area (Å²) in [7, 11) is 0. The first-order valence-corrected chi connectivity index (χ1v) is 7.52. The highest BCUT2D eigenvalue weighted by molar-refractivity contribution is 5.30. The highest BCUT2D eigenvalue weighted by Gasteiger charge is 2.25. The molecule has 106 valence electrons. The average molecular weight is 260 g/mol. The van der Waals surface area contributed by atoms with Crippen LogP contribution in [0.1, 0.15) is 43.0 Å². The molecule has 3 unspecified atom stereocenters. The molecule has 1 saturated heterocycles. The van der Waals surface area contributed by atoms with Crippen molar-refractivity contribution in [1.29, 1.82) is 0 Å². The molecule has 0 radical (unpaired) electrons. The Hall–Kier alpha value is -0.860. The molecule has 2 heteroatoms. The molecule has 2 nitrogen and oxygen atoms in total. The van der Waals surface area contributed by atoms with E-state index in [1.54, 1.807) is 0 Å². The first-order valence-electron chi connectivity index (χ1n) is 7.52. The van der Waals surface area contributed by atoms with Crippen LogP contribution in [0.15, 0.2) is 18.2 Å². The maximum Gasteiger partial charge on any atom is 0.0307 e. The van der Waals surface area contributed by atoms with Crippen molar-refractivity contribution in [2.75, 3.05) is 19.6 Å². The van der Waals surface area contributed by atoms with Crippen LogP contribution in [0.5, 0.6) is 0 Å². The molecule has 0 bridgehead atoms. The summed E-state index contributed by atoms with van der Waals surface area (Å²) in [6, 6.07) is 6.84. The topological polar surface area (TPSA) is 29.3 Å². The normalized spacial score (nSPS) is 25.7. The van der Waals surface area contributed by atoms with E-state index in [4.69, 9.17) is 5.73 Å². The summed E-state index contributed by atoms with van der Waals surface area (Å²) < 4.78 is 0. The third kappa shape index (κ3) is 3.80. The zero-order chi connectivity index (χ0) is 14.0. The molecule has 2 N–H and O–H groups in total. The van der Waals surface area contributed by atoms with Crippen molar-refractivity contribution in [3.8, 4) is 0 Å². The summed E-state index contributed by atoms with van der Waals surface area (Å²) in [5.41, 5.74) is 10.3. The van der Waals surface area contributed by atoms with Crippen LogP contribution in [0.4, 0.5) is 0 Å². The largest absolute Gasteiger partial charge is 0.324 e. The van der Waals surface area contributed by atoms with Gasteiger partial charge < -0.3 is 10.6 Å². The van der Waals surface area contributed by atoms with E-state index in [0.29, 0.717) is 0 Å². The van der Waals surface area contributed by atoms with Gasteiger partial charge in [-0.2, -0.15) is 0 Å². The summed E-state index contributed by atoms with van der Waals surface area (Å²) in [6.07, 6.45) is 1.06.